The number of amides is 1. The first-order valence-corrected chi connectivity index (χ1v) is 4.24. The fourth-order valence-electron chi connectivity index (χ4n) is 1.17. The number of aryl methyl sites for hydroxylation is 1. The maximum atomic E-state index is 10.9. The molecule has 0 radical (unpaired) electrons. The van der Waals surface area contributed by atoms with Crippen molar-refractivity contribution in [2.24, 2.45) is 5.73 Å². The number of carbonyl (C=O) groups excluding carboxylic acids is 1. The minimum atomic E-state index is -0.440. The summed E-state index contributed by atoms with van der Waals surface area (Å²) >= 11 is 0. The summed E-state index contributed by atoms with van der Waals surface area (Å²) < 4.78 is 0. The number of hydrogen-bond acceptors (Lipinski definition) is 2. The summed E-state index contributed by atoms with van der Waals surface area (Å²) in [6, 6.07) is 5.50. The number of nitrogens with one attached hydrogen (secondary N) is 1. The molecule has 1 aromatic carbocycles. The third kappa shape index (κ3) is 2.35. The predicted octanol–water partition coefficient (Wildman–Crippen LogP) is 1.03. The van der Waals surface area contributed by atoms with E-state index in [9.17, 15) is 4.79 Å². The molecule has 0 heterocycles. The van der Waals surface area contributed by atoms with Crippen molar-refractivity contribution in [3.05, 3.63) is 29.3 Å². The molecule has 1 rings (SSSR count). The first-order valence-electron chi connectivity index (χ1n) is 4.24. The molecule has 14 heavy (non-hydrogen) atoms. The third-order valence-electron chi connectivity index (χ3n) is 1.95. The van der Waals surface area contributed by atoms with Crippen molar-refractivity contribution >= 4 is 11.6 Å². The quantitative estimate of drug-likeness (QED) is 0.681. The van der Waals surface area contributed by atoms with E-state index in [0.29, 0.717) is 12.2 Å². The second-order valence-electron chi connectivity index (χ2n) is 2.94. The Bertz CT molecular complexity index is 391. The van der Waals surface area contributed by atoms with E-state index >= 15 is 0 Å². The van der Waals surface area contributed by atoms with Crippen LogP contribution in [-0.4, -0.2) is 5.91 Å². The average molecular weight is 188 g/mol. The highest BCUT2D eigenvalue weighted by Gasteiger charge is 2.00. The van der Waals surface area contributed by atoms with Crippen molar-refractivity contribution in [2.75, 3.05) is 5.32 Å². The number of terminal acetylenes is 1. The smallest absolute Gasteiger partial charge is 0.300 e. The van der Waals surface area contributed by atoms with Crippen LogP contribution in [0.3, 0.4) is 0 Å². The summed E-state index contributed by atoms with van der Waals surface area (Å²) in [5.41, 5.74) is 8.31. The Hall–Kier alpha value is -1.79. The first-order chi connectivity index (χ1) is 6.67. The molecule has 0 bridgehead atoms. The lowest BCUT2D eigenvalue weighted by molar-refractivity contribution is -0.111. The Kier molecular flexibility index (Phi) is 3.27. The molecule has 0 aliphatic heterocycles. The van der Waals surface area contributed by atoms with Crippen LogP contribution in [0.2, 0.25) is 0 Å². The molecule has 0 saturated heterocycles. The van der Waals surface area contributed by atoms with Crippen LogP contribution < -0.4 is 11.1 Å². The Labute approximate surface area is 83.3 Å². The molecule has 3 nitrogen and oxygen atoms in total. The summed E-state index contributed by atoms with van der Waals surface area (Å²) in [5, 5.41) is 2.57. The van der Waals surface area contributed by atoms with Crippen molar-refractivity contribution < 1.29 is 4.79 Å². The van der Waals surface area contributed by atoms with Gasteiger partial charge in [0.05, 0.1) is 0 Å². The van der Waals surface area contributed by atoms with Crippen LogP contribution >= 0.6 is 0 Å². The first kappa shape index (κ1) is 10.3. The van der Waals surface area contributed by atoms with Gasteiger partial charge in [0.2, 0.25) is 0 Å². The van der Waals surface area contributed by atoms with Crippen LogP contribution in [0.1, 0.15) is 11.1 Å². The van der Waals surface area contributed by atoms with Gasteiger partial charge in [-0.1, -0.05) is 6.07 Å². The van der Waals surface area contributed by atoms with Gasteiger partial charge in [0, 0.05) is 12.2 Å². The Morgan fingerprint density at radius 1 is 1.64 bits per heavy atom. The van der Waals surface area contributed by atoms with E-state index in [1.807, 2.05) is 25.0 Å². The van der Waals surface area contributed by atoms with E-state index in [1.54, 1.807) is 6.07 Å². The topological polar surface area (TPSA) is 55.1 Å². The van der Waals surface area contributed by atoms with E-state index in [2.05, 4.69) is 5.32 Å². The summed E-state index contributed by atoms with van der Waals surface area (Å²) in [6.45, 7) is 2.43. The van der Waals surface area contributed by atoms with E-state index in [0.717, 1.165) is 11.1 Å². The number of benzene rings is 1. The van der Waals surface area contributed by atoms with Crippen molar-refractivity contribution in [3.63, 3.8) is 0 Å². The van der Waals surface area contributed by atoms with Crippen molar-refractivity contribution in [2.45, 2.75) is 13.5 Å². The van der Waals surface area contributed by atoms with Crippen LogP contribution in [0.4, 0.5) is 5.69 Å². The zero-order valence-corrected chi connectivity index (χ0v) is 8.00. The SMILES string of the molecule is C#CC(=O)Nc1ccc(CN)c(C)c1. The van der Waals surface area contributed by atoms with Gasteiger partial charge in [0.1, 0.15) is 0 Å². The normalized spacial score (nSPS) is 9.21. The molecule has 0 aromatic heterocycles. The molecule has 0 saturated carbocycles. The number of rotatable bonds is 2. The molecule has 1 aromatic rings. The highest BCUT2D eigenvalue weighted by atomic mass is 16.1. The van der Waals surface area contributed by atoms with E-state index in [4.69, 9.17) is 12.2 Å². The number of anilines is 1. The van der Waals surface area contributed by atoms with Gasteiger partial charge in [-0.25, -0.2) is 0 Å². The Morgan fingerprint density at radius 2 is 2.36 bits per heavy atom. The molecule has 0 aliphatic carbocycles. The van der Waals surface area contributed by atoms with Crippen molar-refractivity contribution in [1.82, 2.24) is 0 Å². The van der Waals surface area contributed by atoms with Gasteiger partial charge in [-0.05, 0) is 36.1 Å². The third-order valence-corrected chi connectivity index (χ3v) is 1.95. The second kappa shape index (κ2) is 4.45. The molecule has 0 atom stereocenters. The van der Waals surface area contributed by atoms with E-state index in [1.165, 1.54) is 0 Å². The molecule has 0 spiro atoms. The van der Waals surface area contributed by atoms with Crippen LogP contribution in [-0.2, 0) is 11.3 Å². The minimum absolute atomic E-state index is 0.440. The lowest BCUT2D eigenvalue weighted by Crippen LogP contribution is -2.08. The molecular formula is C11H12N2O. The van der Waals surface area contributed by atoms with E-state index in [-0.39, 0.29) is 0 Å². The predicted molar refractivity (Wildman–Crippen MR) is 56.5 cm³/mol. The van der Waals surface area contributed by atoms with Gasteiger partial charge >= 0.3 is 0 Å². The molecule has 3 N–H and O–H groups in total. The molecule has 72 valence electrons. The highest BCUT2D eigenvalue weighted by Crippen LogP contribution is 2.14. The fourth-order valence-corrected chi connectivity index (χ4v) is 1.17. The van der Waals surface area contributed by atoms with Gasteiger partial charge in [-0.2, -0.15) is 0 Å². The monoisotopic (exact) mass is 188 g/mol. The van der Waals surface area contributed by atoms with Crippen LogP contribution in [0.5, 0.6) is 0 Å². The molecule has 0 fully saturated rings. The molecule has 1 amide bonds. The van der Waals surface area contributed by atoms with Gasteiger partial charge in [-0.3, -0.25) is 4.79 Å². The number of nitrogens with two attached hydrogens (primary N) is 1. The summed E-state index contributed by atoms with van der Waals surface area (Å²) in [6.07, 6.45) is 4.93. The molecule has 0 aliphatic rings. The lowest BCUT2D eigenvalue weighted by atomic mass is 10.1. The van der Waals surface area contributed by atoms with Crippen LogP contribution in [0, 0.1) is 19.3 Å². The number of hydrogen-bond donors (Lipinski definition) is 2. The highest BCUT2D eigenvalue weighted by molar-refractivity contribution is 6.03. The zero-order chi connectivity index (χ0) is 10.6. The Balaban J connectivity index is 2.87. The van der Waals surface area contributed by atoms with Gasteiger partial charge < -0.3 is 11.1 Å². The Morgan fingerprint density at radius 3 is 2.86 bits per heavy atom. The molecule has 3 heteroatoms. The molecule has 0 unspecified atom stereocenters. The second-order valence-corrected chi connectivity index (χ2v) is 2.94. The summed E-state index contributed by atoms with van der Waals surface area (Å²) in [7, 11) is 0. The van der Waals surface area contributed by atoms with E-state index < -0.39 is 5.91 Å². The van der Waals surface area contributed by atoms with Crippen LogP contribution in [0.25, 0.3) is 0 Å². The number of carbonyl (C=O) groups is 1. The maximum absolute atomic E-state index is 10.9. The molecular weight excluding hydrogens is 176 g/mol. The zero-order valence-electron chi connectivity index (χ0n) is 8.00. The summed E-state index contributed by atoms with van der Waals surface area (Å²) in [4.78, 5) is 10.9. The maximum Gasteiger partial charge on any atom is 0.300 e. The fraction of sp³-hybridized carbons (Fsp3) is 0.182. The standard InChI is InChI=1S/C11H12N2O/c1-3-11(14)13-10-5-4-9(7-12)8(2)6-10/h1,4-6H,7,12H2,2H3,(H,13,14). The average Bonchev–Trinajstić information content (AvgIpc) is 2.18. The minimum Gasteiger partial charge on any atom is -0.326 e. The van der Waals surface area contributed by atoms with Crippen LogP contribution in [0.15, 0.2) is 18.2 Å². The van der Waals surface area contributed by atoms with Gasteiger partial charge in [-0.15, -0.1) is 6.42 Å². The van der Waals surface area contributed by atoms with Gasteiger partial charge in [0.15, 0.2) is 0 Å². The largest absolute Gasteiger partial charge is 0.326 e. The summed E-state index contributed by atoms with van der Waals surface area (Å²) in [5.74, 6) is 1.55. The van der Waals surface area contributed by atoms with Crippen molar-refractivity contribution in [1.29, 1.82) is 0 Å². The van der Waals surface area contributed by atoms with Crippen molar-refractivity contribution in [3.8, 4) is 12.3 Å². The lowest BCUT2D eigenvalue weighted by Gasteiger charge is -2.06. The van der Waals surface area contributed by atoms with Gasteiger partial charge in [0.25, 0.3) is 5.91 Å².